The zero-order valence-electron chi connectivity index (χ0n) is 12.3. The van der Waals surface area contributed by atoms with Gasteiger partial charge in [0.05, 0.1) is 0 Å². The average Bonchev–Trinajstić information content (AvgIpc) is 2.32. The van der Waals surface area contributed by atoms with Crippen LogP contribution in [0.4, 0.5) is 5.82 Å². The fraction of sp³-hybridized carbons (Fsp3) is 0.733. The van der Waals surface area contributed by atoms with E-state index in [0.29, 0.717) is 17.2 Å². The van der Waals surface area contributed by atoms with Crippen LogP contribution in [0.15, 0.2) is 17.2 Å². The number of rotatable bonds is 6. The summed E-state index contributed by atoms with van der Waals surface area (Å²) in [5, 5.41) is 3.28. The normalized spacial score (nSPS) is 17.3. The maximum absolute atomic E-state index is 12.3. The van der Waals surface area contributed by atoms with Gasteiger partial charge in [-0.1, -0.05) is 27.2 Å². The molecule has 0 saturated heterocycles. The zero-order valence-corrected chi connectivity index (χ0v) is 12.3. The molecular weight excluding hydrogens is 238 g/mol. The van der Waals surface area contributed by atoms with E-state index >= 15 is 0 Å². The maximum Gasteiger partial charge on any atom is 0.293 e. The summed E-state index contributed by atoms with van der Waals surface area (Å²) in [5.74, 6) is 0.962. The minimum Gasteiger partial charge on any atom is -0.365 e. The van der Waals surface area contributed by atoms with Crippen molar-refractivity contribution in [2.24, 2.45) is 11.3 Å². The number of nitrogens with one attached hydrogen (secondary N) is 1. The molecule has 1 heterocycles. The van der Waals surface area contributed by atoms with Gasteiger partial charge < -0.3 is 9.88 Å². The largest absolute Gasteiger partial charge is 0.365 e. The molecule has 1 aliphatic rings. The molecule has 1 aromatic rings. The third-order valence-electron chi connectivity index (χ3n) is 4.27. The van der Waals surface area contributed by atoms with E-state index in [1.54, 1.807) is 17.0 Å². The molecular formula is C15H25N3O. The third kappa shape index (κ3) is 3.17. The van der Waals surface area contributed by atoms with E-state index in [2.05, 4.69) is 31.1 Å². The molecule has 0 bridgehead atoms. The number of hydrogen-bond acceptors (Lipinski definition) is 3. The lowest BCUT2D eigenvalue weighted by atomic mass is 9.67. The Balaban J connectivity index is 2.06. The van der Waals surface area contributed by atoms with Crippen LogP contribution in [0.25, 0.3) is 0 Å². The first-order chi connectivity index (χ1) is 9.06. The van der Waals surface area contributed by atoms with Crippen molar-refractivity contribution in [3.8, 4) is 0 Å². The van der Waals surface area contributed by atoms with Gasteiger partial charge in [0.15, 0.2) is 5.82 Å². The Morgan fingerprint density at radius 3 is 2.74 bits per heavy atom. The van der Waals surface area contributed by atoms with Gasteiger partial charge in [0.1, 0.15) is 0 Å². The summed E-state index contributed by atoms with van der Waals surface area (Å²) in [6.07, 6.45) is 8.51. The van der Waals surface area contributed by atoms with Gasteiger partial charge in [0.2, 0.25) is 0 Å². The molecule has 4 nitrogen and oxygen atoms in total. The summed E-state index contributed by atoms with van der Waals surface area (Å²) in [5.41, 5.74) is 0.397. The molecule has 0 amide bonds. The quantitative estimate of drug-likeness (QED) is 0.858. The molecule has 0 spiro atoms. The number of nitrogens with zero attached hydrogens (tertiary/aromatic N) is 2. The van der Waals surface area contributed by atoms with Crippen molar-refractivity contribution in [2.45, 2.75) is 53.0 Å². The van der Waals surface area contributed by atoms with Crippen LogP contribution in [-0.2, 0) is 6.54 Å². The predicted molar refractivity (Wildman–Crippen MR) is 78.4 cm³/mol. The number of aromatic nitrogens is 2. The number of anilines is 1. The highest BCUT2D eigenvalue weighted by Crippen LogP contribution is 2.43. The summed E-state index contributed by atoms with van der Waals surface area (Å²) in [4.78, 5) is 16.5. The van der Waals surface area contributed by atoms with Gasteiger partial charge in [-0.15, -0.1) is 0 Å². The molecule has 1 N–H and O–H groups in total. The lowest BCUT2D eigenvalue weighted by Gasteiger charge is -2.41. The van der Waals surface area contributed by atoms with Crippen molar-refractivity contribution >= 4 is 5.82 Å². The van der Waals surface area contributed by atoms with Gasteiger partial charge in [-0.2, -0.15) is 0 Å². The van der Waals surface area contributed by atoms with Crippen molar-refractivity contribution < 1.29 is 0 Å². The first kappa shape index (κ1) is 14.1. The van der Waals surface area contributed by atoms with Crippen LogP contribution in [0, 0.1) is 11.3 Å². The van der Waals surface area contributed by atoms with Gasteiger partial charge in [-0.25, -0.2) is 4.98 Å². The third-order valence-corrected chi connectivity index (χ3v) is 4.27. The molecule has 2 rings (SSSR count). The lowest BCUT2D eigenvalue weighted by molar-refractivity contribution is 0.145. The van der Waals surface area contributed by atoms with Crippen LogP contribution in [-0.4, -0.2) is 16.1 Å². The van der Waals surface area contributed by atoms with E-state index in [-0.39, 0.29) is 5.56 Å². The summed E-state index contributed by atoms with van der Waals surface area (Å²) in [7, 11) is 0. The van der Waals surface area contributed by atoms with Crippen molar-refractivity contribution in [3.05, 3.63) is 22.7 Å². The van der Waals surface area contributed by atoms with Crippen LogP contribution < -0.4 is 10.9 Å². The standard InChI is InChI=1S/C15H25N3O/c1-4-15(6-5-7-15)11-17-13-14(19)18(9-8-16-13)10-12(2)3/h8-9,12H,4-7,10-11H2,1-3H3,(H,16,17). The van der Waals surface area contributed by atoms with Crippen LogP contribution >= 0.6 is 0 Å². The molecule has 1 fully saturated rings. The van der Waals surface area contributed by atoms with Crippen molar-refractivity contribution in [1.82, 2.24) is 9.55 Å². The monoisotopic (exact) mass is 263 g/mol. The lowest BCUT2D eigenvalue weighted by Crippen LogP contribution is -2.37. The first-order valence-corrected chi connectivity index (χ1v) is 7.36. The van der Waals surface area contributed by atoms with E-state index in [9.17, 15) is 4.79 Å². The van der Waals surface area contributed by atoms with Gasteiger partial charge in [-0.3, -0.25) is 4.79 Å². The summed E-state index contributed by atoms with van der Waals surface area (Å²) in [6, 6.07) is 0. The Morgan fingerprint density at radius 2 is 2.21 bits per heavy atom. The van der Waals surface area contributed by atoms with Gasteiger partial charge in [0.25, 0.3) is 5.56 Å². The fourth-order valence-electron chi connectivity index (χ4n) is 2.71. The second-order valence-electron chi connectivity index (χ2n) is 6.19. The van der Waals surface area contributed by atoms with Crippen LogP contribution in [0.5, 0.6) is 0 Å². The van der Waals surface area contributed by atoms with E-state index in [0.717, 1.165) is 13.1 Å². The smallest absolute Gasteiger partial charge is 0.293 e. The molecule has 106 valence electrons. The van der Waals surface area contributed by atoms with Gasteiger partial charge in [0, 0.05) is 25.5 Å². The topological polar surface area (TPSA) is 46.9 Å². The van der Waals surface area contributed by atoms with Crippen molar-refractivity contribution in [2.75, 3.05) is 11.9 Å². The highest BCUT2D eigenvalue weighted by molar-refractivity contribution is 5.31. The van der Waals surface area contributed by atoms with Crippen LogP contribution in [0.3, 0.4) is 0 Å². The molecule has 0 aliphatic heterocycles. The maximum atomic E-state index is 12.3. The highest BCUT2D eigenvalue weighted by Gasteiger charge is 2.34. The molecule has 0 atom stereocenters. The second kappa shape index (κ2) is 5.76. The van der Waals surface area contributed by atoms with E-state index < -0.39 is 0 Å². The molecule has 1 saturated carbocycles. The van der Waals surface area contributed by atoms with Gasteiger partial charge in [-0.05, 0) is 30.6 Å². The molecule has 0 aromatic carbocycles. The Kier molecular flexibility index (Phi) is 4.27. The molecule has 19 heavy (non-hydrogen) atoms. The zero-order chi connectivity index (χ0) is 13.9. The minimum atomic E-state index is 0.00164. The summed E-state index contributed by atoms with van der Waals surface area (Å²) in [6.45, 7) is 8.07. The fourth-order valence-corrected chi connectivity index (χ4v) is 2.71. The average molecular weight is 263 g/mol. The molecule has 1 aliphatic carbocycles. The van der Waals surface area contributed by atoms with E-state index in [4.69, 9.17) is 0 Å². The number of hydrogen-bond donors (Lipinski definition) is 1. The predicted octanol–water partition coefficient (Wildman–Crippen LogP) is 2.89. The minimum absolute atomic E-state index is 0.00164. The second-order valence-corrected chi connectivity index (χ2v) is 6.19. The SMILES string of the molecule is CCC1(CNc2nccn(CC(C)C)c2=O)CCC1. The Morgan fingerprint density at radius 1 is 1.47 bits per heavy atom. The Bertz CT molecular complexity index is 469. The summed E-state index contributed by atoms with van der Waals surface area (Å²) >= 11 is 0. The Labute approximate surface area is 115 Å². The van der Waals surface area contributed by atoms with Crippen LogP contribution in [0.2, 0.25) is 0 Å². The Hall–Kier alpha value is -1.32. The summed E-state index contributed by atoms with van der Waals surface area (Å²) < 4.78 is 1.75. The van der Waals surface area contributed by atoms with Gasteiger partial charge >= 0.3 is 0 Å². The van der Waals surface area contributed by atoms with E-state index in [1.165, 1.54) is 25.7 Å². The molecule has 1 aromatic heterocycles. The van der Waals surface area contributed by atoms with E-state index in [1.807, 2.05) is 0 Å². The first-order valence-electron chi connectivity index (χ1n) is 7.36. The van der Waals surface area contributed by atoms with Crippen molar-refractivity contribution in [1.29, 1.82) is 0 Å². The molecule has 0 radical (unpaired) electrons. The highest BCUT2D eigenvalue weighted by atomic mass is 16.1. The molecule has 0 unspecified atom stereocenters. The van der Waals surface area contributed by atoms with Crippen molar-refractivity contribution in [3.63, 3.8) is 0 Å². The molecule has 4 heteroatoms. The van der Waals surface area contributed by atoms with Crippen LogP contribution in [0.1, 0.15) is 46.5 Å².